The maximum atomic E-state index is 13.4. The van der Waals surface area contributed by atoms with Gasteiger partial charge in [0.1, 0.15) is 16.5 Å². The van der Waals surface area contributed by atoms with Crippen LogP contribution in [0.4, 0.5) is 4.39 Å². The zero-order valence-electron chi connectivity index (χ0n) is 18.7. The summed E-state index contributed by atoms with van der Waals surface area (Å²) in [5.74, 6) is -0.449. The summed E-state index contributed by atoms with van der Waals surface area (Å²) in [6, 6.07) is 24.0. The molecule has 0 bridgehead atoms. The van der Waals surface area contributed by atoms with Gasteiger partial charge in [-0.15, -0.1) is 11.3 Å². The van der Waals surface area contributed by atoms with Gasteiger partial charge in [-0.2, -0.15) is 0 Å². The van der Waals surface area contributed by atoms with Crippen molar-refractivity contribution >= 4 is 28.8 Å². The minimum atomic E-state index is -0.256. The number of hydrogen-bond donors (Lipinski definition) is 1. The zero-order chi connectivity index (χ0) is 23.9. The smallest absolute Gasteiger partial charge is 0.271 e. The van der Waals surface area contributed by atoms with Crippen LogP contribution in [0.1, 0.15) is 45.2 Å². The molecule has 1 N–H and O–H groups in total. The van der Waals surface area contributed by atoms with Crippen LogP contribution in [0.5, 0.6) is 0 Å². The summed E-state index contributed by atoms with van der Waals surface area (Å²) in [5.41, 5.74) is 3.56. The molecule has 4 nitrogen and oxygen atoms in total. The fraction of sp³-hybridized carbons (Fsp3) is 0.185. The van der Waals surface area contributed by atoms with Crippen molar-refractivity contribution in [2.75, 3.05) is 0 Å². The quantitative estimate of drug-likeness (QED) is 0.284. The molecule has 1 amide bonds. The van der Waals surface area contributed by atoms with Crippen molar-refractivity contribution in [2.24, 2.45) is 0 Å². The Morgan fingerprint density at radius 2 is 1.59 bits per heavy atom. The molecular formula is C27H25ClFN3OS. The number of nitrogens with one attached hydrogen (secondary N) is 1. The Labute approximate surface area is 208 Å². The van der Waals surface area contributed by atoms with Gasteiger partial charge in [-0.05, 0) is 47.9 Å². The normalized spacial score (nSPS) is 12.0. The molecule has 0 radical (unpaired) electrons. The fourth-order valence-corrected chi connectivity index (χ4v) is 4.58. The van der Waals surface area contributed by atoms with Crippen LogP contribution in [0, 0.1) is 5.82 Å². The monoisotopic (exact) mass is 493 g/mol. The van der Waals surface area contributed by atoms with E-state index in [1.807, 2.05) is 61.5 Å². The molecule has 1 atom stereocenters. The van der Waals surface area contributed by atoms with E-state index in [0.29, 0.717) is 30.4 Å². The molecule has 1 heterocycles. The molecule has 0 saturated carbocycles. The largest absolute Gasteiger partial charge is 0.344 e. The number of hydrogen-bond acceptors (Lipinski definition) is 4. The van der Waals surface area contributed by atoms with Gasteiger partial charge < -0.3 is 5.32 Å². The average molecular weight is 494 g/mol. The zero-order valence-corrected chi connectivity index (χ0v) is 20.3. The number of nitrogens with zero attached hydrogens (tertiary/aromatic N) is 2. The second-order valence-electron chi connectivity index (χ2n) is 8.13. The highest BCUT2D eigenvalue weighted by molar-refractivity contribution is 7.09. The van der Waals surface area contributed by atoms with Crippen molar-refractivity contribution in [1.29, 1.82) is 0 Å². The first-order valence-electron chi connectivity index (χ1n) is 11.0. The van der Waals surface area contributed by atoms with Gasteiger partial charge in [0.05, 0.1) is 12.6 Å². The number of thiazole rings is 1. The molecule has 0 aliphatic rings. The summed E-state index contributed by atoms with van der Waals surface area (Å²) in [7, 11) is 0. The Bertz CT molecular complexity index is 1170. The maximum Gasteiger partial charge on any atom is 0.271 e. The Kier molecular flexibility index (Phi) is 8.06. The number of rotatable bonds is 9. The molecular weight excluding hydrogens is 469 g/mol. The number of carbonyl (C=O) groups is 1. The van der Waals surface area contributed by atoms with Crippen LogP contribution in [0.2, 0.25) is 5.02 Å². The van der Waals surface area contributed by atoms with Crippen LogP contribution in [-0.4, -0.2) is 15.8 Å². The van der Waals surface area contributed by atoms with Gasteiger partial charge in [0.15, 0.2) is 0 Å². The van der Waals surface area contributed by atoms with Gasteiger partial charge in [0.2, 0.25) is 0 Å². The fourth-order valence-electron chi connectivity index (χ4n) is 3.64. The molecule has 4 rings (SSSR count). The number of carbonyl (C=O) groups excluding carboxylic acids is 1. The number of halogens is 2. The van der Waals surface area contributed by atoms with E-state index in [1.54, 1.807) is 17.5 Å². The predicted molar refractivity (Wildman–Crippen MR) is 135 cm³/mol. The molecule has 174 valence electrons. The molecule has 34 heavy (non-hydrogen) atoms. The Morgan fingerprint density at radius 1 is 0.971 bits per heavy atom. The summed E-state index contributed by atoms with van der Waals surface area (Å²) < 4.78 is 13.4. The Hall–Kier alpha value is -3.06. The van der Waals surface area contributed by atoms with Crippen LogP contribution in [-0.2, 0) is 19.6 Å². The first-order valence-corrected chi connectivity index (χ1v) is 12.2. The predicted octanol–water partition coefficient (Wildman–Crippen LogP) is 6.63. The first kappa shape index (κ1) is 24.1. The topological polar surface area (TPSA) is 45.2 Å². The molecule has 1 aromatic heterocycles. The molecule has 0 spiro atoms. The minimum Gasteiger partial charge on any atom is -0.344 e. The van der Waals surface area contributed by atoms with Crippen molar-refractivity contribution in [1.82, 2.24) is 15.2 Å². The van der Waals surface area contributed by atoms with E-state index in [9.17, 15) is 9.18 Å². The SMILES string of the molecule is C[C@@H](NC(=O)c1csc(CN(Cc2ccc(F)cc2)Cc2ccc(Cl)cc2)n1)c1ccccc1. The lowest BCUT2D eigenvalue weighted by molar-refractivity contribution is 0.0935. The highest BCUT2D eigenvalue weighted by atomic mass is 35.5. The summed E-state index contributed by atoms with van der Waals surface area (Å²) in [5, 5.41) is 6.34. The second-order valence-corrected chi connectivity index (χ2v) is 9.51. The lowest BCUT2D eigenvalue weighted by atomic mass is 10.1. The number of amides is 1. The average Bonchev–Trinajstić information content (AvgIpc) is 3.31. The van der Waals surface area contributed by atoms with Crippen molar-refractivity contribution < 1.29 is 9.18 Å². The van der Waals surface area contributed by atoms with Crippen LogP contribution in [0.15, 0.2) is 84.2 Å². The molecule has 0 fully saturated rings. The highest BCUT2D eigenvalue weighted by Crippen LogP contribution is 2.20. The third-order valence-electron chi connectivity index (χ3n) is 5.43. The third kappa shape index (κ3) is 6.73. The second kappa shape index (κ2) is 11.4. The lowest BCUT2D eigenvalue weighted by Crippen LogP contribution is -2.27. The van der Waals surface area contributed by atoms with Crippen LogP contribution >= 0.6 is 22.9 Å². The van der Waals surface area contributed by atoms with E-state index in [4.69, 9.17) is 11.6 Å². The summed E-state index contributed by atoms with van der Waals surface area (Å²) in [6.45, 7) is 3.80. The van der Waals surface area contributed by atoms with E-state index in [2.05, 4.69) is 15.2 Å². The standard InChI is InChI=1S/C27H25ClFN3OS/c1-19(22-5-3-2-4-6-22)30-27(33)25-18-34-26(31-25)17-32(15-20-7-11-23(28)12-8-20)16-21-9-13-24(29)14-10-21/h2-14,18-19H,15-17H2,1H3,(H,30,33)/t19-/m1/s1. The van der Waals surface area contributed by atoms with Crippen LogP contribution < -0.4 is 5.32 Å². The summed E-state index contributed by atoms with van der Waals surface area (Å²) >= 11 is 7.50. The van der Waals surface area contributed by atoms with E-state index in [1.165, 1.54) is 23.5 Å². The van der Waals surface area contributed by atoms with Gasteiger partial charge in [-0.25, -0.2) is 9.37 Å². The molecule has 0 saturated heterocycles. The van der Waals surface area contributed by atoms with E-state index >= 15 is 0 Å². The van der Waals surface area contributed by atoms with Gasteiger partial charge in [0, 0.05) is 23.5 Å². The Balaban J connectivity index is 1.45. The third-order valence-corrected chi connectivity index (χ3v) is 6.51. The molecule has 0 unspecified atom stereocenters. The Morgan fingerprint density at radius 3 is 2.24 bits per heavy atom. The number of aromatic nitrogens is 1. The molecule has 4 aromatic rings. The minimum absolute atomic E-state index is 0.112. The maximum absolute atomic E-state index is 13.4. The van der Waals surface area contributed by atoms with Crippen LogP contribution in [0.3, 0.4) is 0 Å². The summed E-state index contributed by atoms with van der Waals surface area (Å²) in [6.07, 6.45) is 0. The molecule has 7 heteroatoms. The van der Waals surface area contributed by atoms with E-state index in [-0.39, 0.29) is 17.8 Å². The molecule has 0 aliphatic carbocycles. The molecule has 0 aliphatic heterocycles. The van der Waals surface area contributed by atoms with Crippen molar-refractivity contribution in [3.8, 4) is 0 Å². The first-order chi connectivity index (χ1) is 16.5. The van der Waals surface area contributed by atoms with E-state index < -0.39 is 0 Å². The van der Waals surface area contributed by atoms with Crippen molar-refractivity contribution in [3.05, 3.63) is 122 Å². The lowest BCUT2D eigenvalue weighted by Gasteiger charge is -2.21. The van der Waals surface area contributed by atoms with Crippen molar-refractivity contribution in [2.45, 2.75) is 32.6 Å². The van der Waals surface area contributed by atoms with Gasteiger partial charge in [-0.3, -0.25) is 9.69 Å². The highest BCUT2D eigenvalue weighted by Gasteiger charge is 2.17. The van der Waals surface area contributed by atoms with Gasteiger partial charge in [0.25, 0.3) is 5.91 Å². The molecule has 3 aromatic carbocycles. The number of benzene rings is 3. The van der Waals surface area contributed by atoms with Crippen molar-refractivity contribution in [3.63, 3.8) is 0 Å². The van der Waals surface area contributed by atoms with Crippen LogP contribution in [0.25, 0.3) is 0 Å². The van der Waals surface area contributed by atoms with Gasteiger partial charge >= 0.3 is 0 Å². The summed E-state index contributed by atoms with van der Waals surface area (Å²) in [4.78, 5) is 19.5. The van der Waals surface area contributed by atoms with E-state index in [0.717, 1.165) is 21.7 Å². The van der Waals surface area contributed by atoms with Gasteiger partial charge in [-0.1, -0.05) is 66.2 Å².